The van der Waals surface area contributed by atoms with Crippen molar-refractivity contribution in [2.24, 2.45) is 11.1 Å². The van der Waals surface area contributed by atoms with Crippen LogP contribution >= 0.6 is 0 Å². The zero-order chi connectivity index (χ0) is 12.0. The first-order valence-electron chi connectivity index (χ1n) is 6.30. The van der Waals surface area contributed by atoms with Gasteiger partial charge in [0.2, 0.25) is 5.91 Å². The molecular weight excluding hydrogens is 204 g/mol. The van der Waals surface area contributed by atoms with Gasteiger partial charge in [-0.05, 0) is 19.3 Å². The average Bonchev–Trinajstić information content (AvgIpc) is 2.36. The van der Waals surface area contributed by atoms with E-state index in [9.17, 15) is 4.79 Å². The number of aliphatic hydroxyl groups excluding tert-OH is 1. The van der Waals surface area contributed by atoms with Gasteiger partial charge in [-0.15, -0.1) is 0 Å². The number of amides is 1. The van der Waals surface area contributed by atoms with Gasteiger partial charge >= 0.3 is 0 Å². The van der Waals surface area contributed by atoms with Gasteiger partial charge < -0.3 is 16.2 Å². The molecule has 0 spiro atoms. The number of hydrogen-bond donors (Lipinski definition) is 3. The Morgan fingerprint density at radius 3 is 2.50 bits per heavy atom. The summed E-state index contributed by atoms with van der Waals surface area (Å²) in [6, 6.07) is -0.127. The summed E-state index contributed by atoms with van der Waals surface area (Å²) in [5.41, 5.74) is 5.40. The zero-order valence-corrected chi connectivity index (χ0v) is 10.2. The second-order valence-corrected chi connectivity index (χ2v) is 4.81. The molecule has 1 atom stereocenters. The summed E-state index contributed by atoms with van der Waals surface area (Å²) >= 11 is 0. The quantitative estimate of drug-likeness (QED) is 0.651. The van der Waals surface area contributed by atoms with Crippen molar-refractivity contribution in [3.8, 4) is 0 Å². The van der Waals surface area contributed by atoms with E-state index < -0.39 is 0 Å². The van der Waals surface area contributed by atoms with Gasteiger partial charge in [-0.3, -0.25) is 4.79 Å². The lowest BCUT2D eigenvalue weighted by Gasteiger charge is -2.35. The molecule has 0 saturated heterocycles. The Morgan fingerprint density at radius 1 is 1.44 bits per heavy atom. The van der Waals surface area contributed by atoms with Crippen molar-refractivity contribution in [3.05, 3.63) is 0 Å². The maximum atomic E-state index is 12.2. The molecule has 4 N–H and O–H groups in total. The molecule has 1 aliphatic rings. The van der Waals surface area contributed by atoms with Crippen molar-refractivity contribution in [2.45, 2.75) is 51.5 Å². The molecule has 1 rings (SSSR count). The molecule has 0 aliphatic heterocycles. The van der Waals surface area contributed by atoms with Gasteiger partial charge in [-0.2, -0.15) is 0 Å². The molecule has 0 aromatic carbocycles. The SMILES string of the molecule is CCC(CO)NC(=O)C1(CN)CCCCC1. The topological polar surface area (TPSA) is 75.3 Å². The van der Waals surface area contributed by atoms with E-state index in [4.69, 9.17) is 10.8 Å². The molecule has 1 saturated carbocycles. The second kappa shape index (κ2) is 6.21. The van der Waals surface area contributed by atoms with Crippen molar-refractivity contribution in [1.29, 1.82) is 0 Å². The third-order valence-electron chi connectivity index (χ3n) is 3.73. The third kappa shape index (κ3) is 2.95. The van der Waals surface area contributed by atoms with Crippen LogP contribution in [-0.2, 0) is 4.79 Å². The van der Waals surface area contributed by atoms with Crippen LogP contribution in [0.3, 0.4) is 0 Å². The Labute approximate surface area is 97.6 Å². The van der Waals surface area contributed by atoms with Crippen LogP contribution in [0.25, 0.3) is 0 Å². The highest BCUT2D eigenvalue weighted by molar-refractivity contribution is 5.83. The summed E-state index contributed by atoms with van der Waals surface area (Å²) in [6.45, 7) is 2.38. The molecule has 1 fully saturated rings. The highest BCUT2D eigenvalue weighted by Crippen LogP contribution is 2.35. The Balaban J connectivity index is 2.61. The first-order valence-corrected chi connectivity index (χ1v) is 6.30. The van der Waals surface area contributed by atoms with Gasteiger partial charge in [0.1, 0.15) is 0 Å². The number of aliphatic hydroxyl groups is 1. The number of carbonyl (C=O) groups excluding carboxylic acids is 1. The van der Waals surface area contributed by atoms with Crippen LogP contribution in [0.15, 0.2) is 0 Å². The van der Waals surface area contributed by atoms with E-state index in [-0.39, 0.29) is 24.0 Å². The van der Waals surface area contributed by atoms with Gasteiger partial charge in [-0.25, -0.2) is 0 Å². The zero-order valence-electron chi connectivity index (χ0n) is 10.2. The van der Waals surface area contributed by atoms with Crippen LogP contribution in [0, 0.1) is 5.41 Å². The first kappa shape index (κ1) is 13.5. The monoisotopic (exact) mass is 228 g/mol. The number of carbonyl (C=O) groups is 1. The summed E-state index contributed by atoms with van der Waals surface area (Å²) in [5.74, 6) is 0.0376. The number of nitrogens with two attached hydrogens (primary N) is 1. The first-order chi connectivity index (χ1) is 7.68. The van der Waals surface area contributed by atoms with E-state index in [1.807, 2.05) is 6.92 Å². The Kier molecular flexibility index (Phi) is 5.22. The van der Waals surface area contributed by atoms with Crippen LogP contribution in [0.2, 0.25) is 0 Å². The molecule has 4 nitrogen and oxygen atoms in total. The number of rotatable bonds is 5. The third-order valence-corrected chi connectivity index (χ3v) is 3.73. The Morgan fingerprint density at radius 2 is 2.06 bits per heavy atom. The fourth-order valence-electron chi connectivity index (χ4n) is 2.37. The molecular formula is C12H24N2O2. The minimum absolute atomic E-state index is 0.00287. The van der Waals surface area contributed by atoms with E-state index in [1.54, 1.807) is 0 Å². The molecule has 94 valence electrons. The van der Waals surface area contributed by atoms with Crippen LogP contribution in [0.5, 0.6) is 0 Å². The van der Waals surface area contributed by atoms with Crippen LogP contribution in [0.4, 0.5) is 0 Å². The summed E-state index contributed by atoms with van der Waals surface area (Å²) < 4.78 is 0. The van der Waals surface area contributed by atoms with Crippen molar-refractivity contribution in [2.75, 3.05) is 13.2 Å². The lowest BCUT2D eigenvalue weighted by molar-refractivity contribution is -0.133. The predicted molar refractivity (Wildman–Crippen MR) is 63.9 cm³/mol. The van der Waals surface area contributed by atoms with E-state index >= 15 is 0 Å². The number of hydrogen-bond acceptors (Lipinski definition) is 3. The number of nitrogens with one attached hydrogen (secondary N) is 1. The molecule has 1 amide bonds. The lowest BCUT2D eigenvalue weighted by Crippen LogP contribution is -2.50. The molecule has 0 bridgehead atoms. The highest BCUT2D eigenvalue weighted by atomic mass is 16.3. The maximum absolute atomic E-state index is 12.2. The molecule has 0 aromatic rings. The van der Waals surface area contributed by atoms with Gasteiger partial charge in [0, 0.05) is 6.54 Å². The fourth-order valence-corrected chi connectivity index (χ4v) is 2.37. The van der Waals surface area contributed by atoms with Crippen LogP contribution in [-0.4, -0.2) is 30.2 Å². The standard InChI is InChI=1S/C12H24N2O2/c1-2-10(8-15)14-11(16)12(9-13)6-4-3-5-7-12/h10,15H,2-9,13H2,1H3,(H,14,16). The van der Waals surface area contributed by atoms with E-state index in [0.717, 1.165) is 32.1 Å². The predicted octanol–water partition coefficient (Wildman–Crippen LogP) is 0.783. The smallest absolute Gasteiger partial charge is 0.227 e. The van der Waals surface area contributed by atoms with Gasteiger partial charge in [0.05, 0.1) is 18.1 Å². The Bertz CT molecular complexity index is 221. The van der Waals surface area contributed by atoms with Crippen molar-refractivity contribution in [1.82, 2.24) is 5.32 Å². The average molecular weight is 228 g/mol. The molecule has 16 heavy (non-hydrogen) atoms. The Hall–Kier alpha value is -0.610. The largest absolute Gasteiger partial charge is 0.394 e. The summed E-state index contributed by atoms with van der Waals surface area (Å²) in [5, 5.41) is 12.0. The normalized spacial score (nSPS) is 21.4. The van der Waals surface area contributed by atoms with Crippen molar-refractivity contribution >= 4 is 5.91 Å². The molecule has 1 aliphatic carbocycles. The molecule has 4 heteroatoms. The minimum Gasteiger partial charge on any atom is -0.394 e. The fraction of sp³-hybridized carbons (Fsp3) is 0.917. The van der Waals surface area contributed by atoms with Crippen molar-refractivity contribution in [3.63, 3.8) is 0 Å². The van der Waals surface area contributed by atoms with Gasteiger partial charge in [-0.1, -0.05) is 26.2 Å². The molecule has 0 heterocycles. The highest BCUT2D eigenvalue weighted by Gasteiger charge is 2.38. The van der Waals surface area contributed by atoms with Gasteiger partial charge in [0.15, 0.2) is 0 Å². The molecule has 1 unspecified atom stereocenters. The molecule has 0 aromatic heterocycles. The van der Waals surface area contributed by atoms with E-state index in [0.29, 0.717) is 6.54 Å². The van der Waals surface area contributed by atoms with Crippen molar-refractivity contribution < 1.29 is 9.90 Å². The van der Waals surface area contributed by atoms with E-state index in [2.05, 4.69) is 5.32 Å². The summed E-state index contributed by atoms with van der Waals surface area (Å²) in [7, 11) is 0. The summed E-state index contributed by atoms with van der Waals surface area (Å²) in [4.78, 5) is 12.2. The van der Waals surface area contributed by atoms with Crippen LogP contribution in [0.1, 0.15) is 45.4 Å². The summed E-state index contributed by atoms with van der Waals surface area (Å²) in [6.07, 6.45) is 5.89. The van der Waals surface area contributed by atoms with E-state index in [1.165, 1.54) is 6.42 Å². The van der Waals surface area contributed by atoms with Crippen LogP contribution < -0.4 is 11.1 Å². The maximum Gasteiger partial charge on any atom is 0.227 e. The minimum atomic E-state index is -0.374. The van der Waals surface area contributed by atoms with Gasteiger partial charge in [0.25, 0.3) is 0 Å². The molecule has 0 radical (unpaired) electrons. The second-order valence-electron chi connectivity index (χ2n) is 4.81. The lowest BCUT2D eigenvalue weighted by atomic mass is 9.73.